The van der Waals surface area contributed by atoms with Crippen LogP contribution in [-0.2, 0) is 0 Å². The van der Waals surface area contributed by atoms with Gasteiger partial charge in [-0.3, -0.25) is 4.99 Å². The molecule has 8 heteroatoms. The van der Waals surface area contributed by atoms with E-state index >= 15 is 0 Å². The minimum Gasteiger partial charge on any atom is -0.489 e. The molecule has 0 aliphatic carbocycles. The highest BCUT2D eigenvalue weighted by Crippen LogP contribution is 2.17. The maximum atomic E-state index is 13.3. The first kappa shape index (κ1) is 23.2. The van der Waals surface area contributed by atoms with E-state index in [2.05, 4.69) is 25.5 Å². The average molecular weight is 513 g/mol. The number of anilines is 1. The molecule has 29 heavy (non-hydrogen) atoms. The van der Waals surface area contributed by atoms with Gasteiger partial charge in [-0.1, -0.05) is 12.1 Å². The van der Waals surface area contributed by atoms with Gasteiger partial charge in [0.1, 0.15) is 23.5 Å². The Kier molecular flexibility index (Phi) is 9.43. The van der Waals surface area contributed by atoms with E-state index in [9.17, 15) is 4.39 Å². The van der Waals surface area contributed by atoms with Crippen molar-refractivity contribution in [2.24, 2.45) is 4.99 Å². The van der Waals surface area contributed by atoms with E-state index in [0.717, 1.165) is 37.7 Å². The smallest absolute Gasteiger partial charge is 0.191 e. The lowest BCUT2D eigenvalue weighted by Crippen LogP contribution is -2.50. The molecule has 1 aromatic heterocycles. The van der Waals surface area contributed by atoms with Gasteiger partial charge in [0.05, 0.1) is 6.54 Å². The second-order valence-electron chi connectivity index (χ2n) is 6.93. The number of aromatic nitrogens is 1. The van der Waals surface area contributed by atoms with Crippen molar-refractivity contribution in [2.45, 2.75) is 31.9 Å². The summed E-state index contributed by atoms with van der Waals surface area (Å²) in [4.78, 5) is 11.0. The highest BCUT2D eigenvalue weighted by atomic mass is 127. The number of aliphatic imine (C=N–C) groups is 1. The summed E-state index contributed by atoms with van der Waals surface area (Å²) >= 11 is 0. The first-order valence-electron chi connectivity index (χ1n) is 9.69. The van der Waals surface area contributed by atoms with Crippen LogP contribution in [0.4, 0.5) is 10.2 Å². The van der Waals surface area contributed by atoms with E-state index < -0.39 is 0 Å². The maximum absolute atomic E-state index is 13.3. The number of halogens is 2. The van der Waals surface area contributed by atoms with Gasteiger partial charge >= 0.3 is 0 Å². The van der Waals surface area contributed by atoms with E-state index in [-0.39, 0.29) is 35.9 Å². The zero-order valence-electron chi connectivity index (χ0n) is 16.8. The second kappa shape index (κ2) is 11.8. The van der Waals surface area contributed by atoms with E-state index in [1.807, 2.05) is 31.3 Å². The Bertz CT molecular complexity index is 769. The second-order valence-corrected chi connectivity index (χ2v) is 6.93. The minimum atomic E-state index is -0.299. The Morgan fingerprint density at radius 3 is 2.72 bits per heavy atom. The largest absolute Gasteiger partial charge is 0.489 e. The first-order chi connectivity index (χ1) is 13.6. The molecule has 1 aliphatic heterocycles. The SMILES string of the molecule is CN=C(NCC(C)Oc1cccc(F)c1)NC1CCN(c2ccccn2)CC1.I. The van der Waals surface area contributed by atoms with Crippen molar-refractivity contribution in [1.82, 2.24) is 15.6 Å². The number of hydrogen-bond donors (Lipinski definition) is 2. The number of benzene rings is 1. The Morgan fingerprint density at radius 2 is 2.07 bits per heavy atom. The summed E-state index contributed by atoms with van der Waals surface area (Å²) in [6.07, 6.45) is 3.75. The molecule has 2 heterocycles. The zero-order valence-corrected chi connectivity index (χ0v) is 19.2. The Labute approximate surface area is 189 Å². The molecule has 0 bridgehead atoms. The molecule has 0 spiro atoms. The van der Waals surface area contributed by atoms with Crippen molar-refractivity contribution >= 4 is 35.8 Å². The standard InChI is InChI=1S/C21H28FN5O.HI/c1-16(28-19-7-5-6-17(22)14-19)15-25-21(23-2)26-18-9-12-27(13-10-18)20-8-3-4-11-24-20;/h3-8,11,14,16,18H,9-10,12-13,15H2,1-2H3,(H2,23,25,26);1H. The summed E-state index contributed by atoms with van der Waals surface area (Å²) < 4.78 is 19.0. The Balaban J connectivity index is 0.00000300. The highest BCUT2D eigenvalue weighted by molar-refractivity contribution is 14.0. The van der Waals surface area contributed by atoms with Crippen LogP contribution in [0.5, 0.6) is 5.75 Å². The van der Waals surface area contributed by atoms with Crippen molar-refractivity contribution in [2.75, 3.05) is 31.6 Å². The summed E-state index contributed by atoms with van der Waals surface area (Å²) in [5.74, 6) is 2.02. The van der Waals surface area contributed by atoms with Gasteiger partial charge in [-0.05, 0) is 44.0 Å². The minimum absolute atomic E-state index is 0. The zero-order chi connectivity index (χ0) is 19.8. The van der Waals surface area contributed by atoms with Crippen LogP contribution < -0.4 is 20.3 Å². The topological polar surface area (TPSA) is 61.8 Å². The molecule has 3 rings (SSSR count). The van der Waals surface area contributed by atoms with Gasteiger partial charge in [0.25, 0.3) is 0 Å². The third kappa shape index (κ3) is 7.34. The third-order valence-electron chi connectivity index (χ3n) is 4.72. The van der Waals surface area contributed by atoms with E-state index in [0.29, 0.717) is 18.3 Å². The van der Waals surface area contributed by atoms with Gasteiger partial charge in [-0.2, -0.15) is 0 Å². The van der Waals surface area contributed by atoms with Crippen molar-refractivity contribution in [3.05, 3.63) is 54.5 Å². The van der Waals surface area contributed by atoms with Gasteiger partial charge in [0.2, 0.25) is 0 Å². The fourth-order valence-electron chi connectivity index (χ4n) is 3.24. The maximum Gasteiger partial charge on any atom is 0.191 e. The normalized spacial score (nSPS) is 16.0. The summed E-state index contributed by atoms with van der Waals surface area (Å²) in [6, 6.07) is 12.6. The molecule has 0 radical (unpaired) electrons. The van der Waals surface area contributed by atoms with Crippen molar-refractivity contribution in [3.63, 3.8) is 0 Å². The predicted molar refractivity (Wildman–Crippen MR) is 126 cm³/mol. The molecular formula is C21H29FIN5O. The lowest BCUT2D eigenvalue weighted by molar-refractivity contribution is 0.222. The van der Waals surface area contributed by atoms with Crippen LogP contribution in [0.25, 0.3) is 0 Å². The molecule has 158 valence electrons. The van der Waals surface area contributed by atoms with Gasteiger partial charge in [-0.15, -0.1) is 24.0 Å². The van der Waals surface area contributed by atoms with E-state index in [4.69, 9.17) is 4.74 Å². The van der Waals surface area contributed by atoms with E-state index in [1.54, 1.807) is 19.2 Å². The number of hydrogen-bond acceptors (Lipinski definition) is 4. The number of rotatable bonds is 6. The van der Waals surface area contributed by atoms with Gasteiger partial charge < -0.3 is 20.3 Å². The quantitative estimate of drug-likeness (QED) is 0.352. The molecule has 2 aromatic rings. The van der Waals surface area contributed by atoms with Crippen LogP contribution in [0.15, 0.2) is 53.7 Å². The molecule has 1 atom stereocenters. The van der Waals surface area contributed by atoms with Crippen molar-refractivity contribution in [1.29, 1.82) is 0 Å². The molecule has 1 saturated heterocycles. The first-order valence-corrected chi connectivity index (χ1v) is 9.69. The lowest BCUT2D eigenvalue weighted by Gasteiger charge is -2.33. The molecule has 1 fully saturated rings. The molecule has 2 N–H and O–H groups in total. The predicted octanol–water partition coefficient (Wildman–Crippen LogP) is 3.44. The van der Waals surface area contributed by atoms with Gasteiger partial charge in [0.15, 0.2) is 5.96 Å². The number of guanidine groups is 1. The van der Waals surface area contributed by atoms with Crippen molar-refractivity contribution < 1.29 is 9.13 Å². The summed E-state index contributed by atoms with van der Waals surface area (Å²) in [5, 5.41) is 6.77. The third-order valence-corrected chi connectivity index (χ3v) is 4.72. The van der Waals surface area contributed by atoms with E-state index in [1.165, 1.54) is 12.1 Å². The van der Waals surface area contributed by atoms with Crippen LogP contribution in [0.1, 0.15) is 19.8 Å². The van der Waals surface area contributed by atoms with Crippen LogP contribution >= 0.6 is 24.0 Å². The molecule has 1 aromatic carbocycles. The fraction of sp³-hybridized carbons (Fsp3) is 0.429. The van der Waals surface area contributed by atoms with Gasteiger partial charge in [-0.25, -0.2) is 9.37 Å². The van der Waals surface area contributed by atoms with Crippen LogP contribution in [0, 0.1) is 5.82 Å². The fourth-order valence-corrected chi connectivity index (χ4v) is 3.24. The van der Waals surface area contributed by atoms with Crippen LogP contribution in [0.3, 0.4) is 0 Å². The molecule has 6 nitrogen and oxygen atoms in total. The number of nitrogens with one attached hydrogen (secondary N) is 2. The average Bonchev–Trinajstić information content (AvgIpc) is 2.72. The number of pyridine rings is 1. The number of piperidine rings is 1. The van der Waals surface area contributed by atoms with Crippen LogP contribution in [-0.4, -0.2) is 49.8 Å². The molecular weight excluding hydrogens is 484 g/mol. The Hall–Kier alpha value is -2.10. The van der Waals surface area contributed by atoms with Crippen LogP contribution in [0.2, 0.25) is 0 Å². The number of ether oxygens (including phenoxy) is 1. The summed E-state index contributed by atoms with van der Waals surface area (Å²) in [5.41, 5.74) is 0. The molecule has 0 saturated carbocycles. The monoisotopic (exact) mass is 513 g/mol. The molecule has 1 unspecified atom stereocenters. The summed E-state index contributed by atoms with van der Waals surface area (Å²) in [6.45, 7) is 4.44. The Morgan fingerprint density at radius 1 is 1.28 bits per heavy atom. The number of nitrogens with zero attached hydrogens (tertiary/aromatic N) is 3. The lowest BCUT2D eigenvalue weighted by atomic mass is 10.1. The summed E-state index contributed by atoms with van der Waals surface area (Å²) in [7, 11) is 1.76. The molecule has 0 amide bonds. The highest BCUT2D eigenvalue weighted by Gasteiger charge is 2.20. The van der Waals surface area contributed by atoms with Gasteiger partial charge in [0, 0.05) is 38.4 Å². The van der Waals surface area contributed by atoms with Crippen molar-refractivity contribution in [3.8, 4) is 5.75 Å². The molecule has 1 aliphatic rings.